The van der Waals surface area contributed by atoms with Gasteiger partial charge in [-0.25, -0.2) is 4.98 Å². The number of hydrogen-bond donors (Lipinski definition) is 1. The Hall–Kier alpha value is -1.09. The van der Waals surface area contributed by atoms with E-state index < -0.39 is 0 Å². The summed E-state index contributed by atoms with van der Waals surface area (Å²) in [5.41, 5.74) is 6.99. The van der Waals surface area contributed by atoms with Gasteiger partial charge in [0.25, 0.3) is 0 Å². The molecule has 0 aliphatic rings. The normalized spacial score (nSPS) is 12.8. The lowest BCUT2D eigenvalue weighted by molar-refractivity contribution is 0.661. The maximum absolute atomic E-state index is 5.78. The van der Waals surface area contributed by atoms with Crippen LogP contribution >= 0.6 is 0 Å². The van der Waals surface area contributed by atoms with E-state index in [1.165, 1.54) is 5.56 Å². The van der Waals surface area contributed by atoms with Crippen molar-refractivity contribution < 1.29 is 0 Å². The van der Waals surface area contributed by atoms with Crippen molar-refractivity contribution in [2.45, 2.75) is 52.6 Å². The fourth-order valence-electron chi connectivity index (χ4n) is 1.96. The van der Waals surface area contributed by atoms with Crippen molar-refractivity contribution in [2.75, 3.05) is 11.4 Å². The van der Waals surface area contributed by atoms with Gasteiger partial charge in [0.05, 0.1) is 0 Å². The van der Waals surface area contributed by atoms with E-state index in [9.17, 15) is 0 Å². The predicted octanol–water partition coefficient (Wildman–Crippen LogP) is 2.60. The second-order valence-corrected chi connectivity index (χ2v) is 4.99. The lowest BCUT2D eigenvalue weighted by Gasteiger charge is -2.27. The Morgan fingerprint density at radius 3 is 2.41 bits per heavy atom. The van der Waals surface area contributed by atoms with Crippen LogP contribution in [-0.4, -0.2) is 23.6 Å². The Bertz CT molecular complexity index is 317. The highest BCUT2D eigenvalue weighted by molar-refractivity contribution is 5.40. The first-order valence-corrected chi connectivity index (χ1v) is 6.51. The molecule has 0 fully saturated rings. The van der Waals surface area contributed by atoms with Crippen LogP contribution in [0.4, 0.5) is 5.82 Å². The van der Waals surface area contributed by atoms with Crippen LogP contribution in [0.3, 0.4) is 0 Å². The van der Waals surface area contributed by atoms with E-state index in [2.05, 4.69) is 42.8 Å². The molecule has 96 valence electrons. The summed E-state index contributed by atoms with van der Waals surface area (Å²) in [5.74, 6) is 1.07. The molecule has 3 heteroatoms. The Kier molecular flexibility index (Phi) is 5.42. The number of rotatable bonds is 6. The molecular formula is C14H25N3. The van der Waals surface area contributed by atoms with E-state index >= 15 is 0 Å². The van der Waals surface area contributed by atoms with Crippen LogP contribution in [0.2, 0.25) is 0 Å². The molecule has 1 rings (SSSR count). The summed E-state index contributed by atoms with van der Waals surface area (Å²) in [5, 5.41) is 0. The molecule has 3 nitrogen and oxygen atoms in total. The Morgan fingerprint density at radius 2 is 2.00 bits per heavy atom. The van der Waals surface area contributed by atoms with Gasteiger partial charge in [-0.1, -0.05) is 13.0 Å². The fourth-order valence-corrected chi connectivity index (χ4v) is 1.96. The molecule has 1 atom stereocenters. The standard InChI is InChI=1S/C14H25N3/c1-5-8-17(11(2)3)14-7-6-13(10-16-14)9-12(4)15/h6-7,10-12H,5,8-9,15H2,1-4H3. The van der Waals surface area contributed by atoms with Gasteiger partial charge in [0, 0.05) is 24.8 Å². The average Bonchev–Trinajstić information content (AvgIpc) is 2.26. The summed E-state index contributed by atoms with van der Waals surface area (Å²) in [4.78, 5) is 6.87. The molecule has 0 aromatic carbocycles. The number of nitrogens with two attached hydrogens (primary N) is 1. The molecule has 0 saturated heterocycles. The number of anilines is 1. The highest BCUT2D eigenvalue weighted by Crippen LogP contribution is 2.15. The third kappa shape index (κ3) is 4.35. The van der Waals surface area contributed by atoms with Crippen molar-refractivity contribution in [1.82, 2.24) is 4.98 Å². The molecule has 1 aromatic heterocycles. The Morgan fingerprint density at radius 1 is 1.29 bits per heavy atom. The summed E-state index contributed by atoms with van der Waals surface area (Å²) < 4.78 is 0. The third-order valence-electron chi connectivity index (χ3n) is 2.75. The first-order chi connectivity index (χ1) is 8.04. The number of aromatic nitrogens is 1. The molecule has 1 aromatic rings. The quantitative estimate of drug-likeness (QED) is 0.824. The Labute approximate surface area is 105 Å². The molecule has 0 aliphatic heterocycles. The molecule has 2 N–H and O–H groups in total. The van der Waals surface area contributed by atoms with E-state index in [0.717, 1.165) is 25.2 Å². The van der Waals surface area contributed by atoms with Gasteiger partial charge in [0.1, 0.15) is 5.82 Å². The van der Waals surface area contributed by atoms with E-state index in [0.29, 0.717) is 6.04 Å². The number of pyridine rings is 1. The van der Waals surface area contributed by atoms with Gasteiger partial charge >= 0.3 is 0 Å². The zero-order valence-corrected chi connectivity index (χ0v) is 11.5. The first kappa shape index (κ1) is 14.0. The summed E-state index contributed by atoms with van der Waals surface area (Å²) in [7, 11) is 0. The van der Waals surface area contributed by atoms with Crippen LogP contribution in [0.15, 0.2) is 18.3 Å². The molecular weight excluding hydrogens is 210 g/mol. The summed E-state index contributed by atoms with van der Waals surface area (Å²) in [6.45, 7) is 9.67. The lowest BCUT2D eigenvalue weighted by atomic mass is 10.1. The summed E-state index contributed by atoms with van der Waals surface area (Å²) in [6.07, 6.45) is 3.98. The number of hydrogen-bond acceptors (Lipinski definition) is 3. The molecule has 0 saturated carbocycles. The van der Waals surface area contributed by atoms with Gasteiger partial charge in [0.15, 0.2) is 0 Å². The fraction of sp³-hybridized carbons (Fsp3) is 0.643. The molecule has 0 amide bonds. The minimum Gasteiger partial charge on any atom is -0.354 e. The van der Waals surface area contributed by atoms with E-state index in [-0.39, 0.29) is 6.04 Å². The molecule has 1 heterocycles. The van der Waals surface area contributed by atoms with Gasteiger partial charge in [0.2, 0.25) is 0 Å². The molecule has 0 aliphatic carbocycles. The molecule has 0 radical (unpaired) electrons. The van der Waals surface area contributed by atoms with Crippen LogP contribution in [0.5, 0.6) is 0 Å². The van der Waals surface area contributed by atoms with Gasteiger partial charge in [-0.2, -0.15) is 0 Å². The van der Waals surface area contributed by atoms with Crippen molar-refractivity contribution in [3.63, 3.8) is 0 Å². The number of nitrogens with zero attached hydrogens (tertiary/aromatic N) is 2. The monoisotopic (exact) mass is 235 g/mol. The second kappa shape index (κ2) is 6.60. The highest BCUT2D eigenvalue weighted by atomic mass is 15.2. The van der Waals surface area contributed by atoms with Crippen molar-refractivity contribution >= 4 is 5.82 Å². The minimum absolute atomic E-state index is 0.194. The van der Waals surface area contributed by atoms with Crippen molar-refractivity contribution in [3.8, 4) is 0 Å². The largest absolute Gasteiger partial charge is 0.354 e. The topological polar surface area (TPSA) is 42.1 Å². The van der Waals surface area contributed by atoms with Crippen LogP contribution in [0.1, 0.15) is 39.7 Å². The smallest absolute Gasteiger partial charge is 0.128 e. The molecule has 0 bridgehead atoms. The van der Waals surface area contributed by atoms with Crippen LogP contribution in [0.25, 0.3) is 0 Å². The van der Waals surface area contributed by atoms with Gasteiger partial charge < -0.3 is 10.6 Å². The summed E-state index contributed by atoms with van der Waals surface area (Å²) >= 11 is 0. The highest BCUT2D eigenvalue weighted by Gasteiger charge is 2.10. The molecule has 1 unspecified atom stereocenters. The predicted molar refractivity (Wildman–Crippen MR) is 74.4 cm³/mol. The Balaban J connectivity index is 2.77. The van der Waals surface area contributed by atoms with Crippen molar-refractivity contribution in [2.24, 2.45) is 5.73 Å². The van der Waals surface area contributed by atoms with Gasteiger partial charge in [-0.3, -0.25) is 0 Å². The third-order valence-corrected chi connectivity index (χ3v) is 2.75. The van der Waals surface area contributed by atoms with Gasteiger partial charge in [-0.05, 0) is 45.2 Å². The molecule has 0 spiro atoms. The summed E-state index contributed by atoms with van der Waals surface area (Å²) in [6, 6.07) is 4.92. The van der Waals surface area contributed by atoms with E-state index in [1.807, 2.05) is 13.1 Å². The van der Waals surface area contributed by atoms with Crippen LogP contribution in [0, 0.1) is 0 Å². The van der Waals surface area contributed by atoms with E-state index in [4.69, 9.17) is 5.73 Å². The maximum Gasteiger partial charge on any atom is 0.128 e. The maximum atomic E-state index is 5.78. The van der Waals surface area contributed by atoms with Gasteiger partial charge in [-0.15, -0.1) is 0 Å². The first-order valence-electron chi connectivity index (χ1n) is 6.51. The van der Waals surface area contributed by atoms with Crippen LogP contribution in [-0.2, 0) is 6.42 Å². The van der Waals surface area contributed by atoms with Crippen molar-refractivity contribution in [1.29, 1.82) is 0 Å². The van der Waals surface area contributed by atoms with Crippen LogP contribution < -0.4 is 10.6 Å². The zero-order valence-electron chi connectivity index (χ0n) is 11.5. The SMILES string of the molecule is CCCN(c1ccc(CC(C)N)cn1)C(C)C. The average molecular weight is 235 g/mol. The second-order valence-electron chi connectivity index (χ2n) is 4.99. The lowest BCUT2D eigenvalue weighted by Crippen LogP contribution is -2.32. The van der Waals surface area contributed by atoms with Crippen molar-refractivity contribution in [3.05, 3.63) is 23.9 Å². The zero-order chi connectivity index (χ0) is 12.8. The molecule has 17 heavy (non-hydrogen) atoms. The minimum atomic E-state index is 0.194. The van der Waals surface area contributed by atoms with E-state index in [1.54, 1.807) is 0 Å².